The van der Waals surface area contributed by atoms with E-state index >= 15 is 0 Å². The Morgan fingerprint density at radius 1 is 1.42 bits per heavy atom. The lowest BCUT2D eigenvalue weighted by atomic mass is 10.2. The van der Waals surface area contributed by atoms with E-state index in [4.69, 9.17) is 4.42 Å². The van der Waals surface area contributed by atoms with Crippen LogP contribution >= 0.6 is 24.0 Å². The minimum absolute atomic E-state index is 0. The third kappa shape index (κ3) is 6.29. The molecule has 1 unspecified atom stereocenters. The molecule has 0 bridgehead atoms. The molecule has 0 aromatic carbocycles. The van der Waals surface area contributed by atoms with Gasteiger partial charge in [0.1, 0.15) is 5.76 Å². The fraction of sp³-hybridized carbons (Fsp3) is 0.615. The van der Waals surface area contributed by atoms with Crippen LogP contribution in [0.25, 0.3) is 0 Å². The molecule has 0 amide bonds. The highest BCUT2D eigenvalue weighted by atomic mass is 127. The largest absolute Gasteiger partial charge is 0.468 e. The van der Waals surface area contributed by atoms with Gasteiger partial charge in [0, 0.05) is 19.6 Å². The van der Waals surface area contributed by atoms with Crippen LogP contribution in [-0.4, -0.2) is 44.6 Å². The zero-order chi connectivity index (χ0) is 13.5. The van der Waals surface area contributed by atoms with Crippen LogP contribution in [0.5, 0.6) is 0 Å². The molecule has 0 aliphatic carbocycles. The summed E-state index contributed by atoms with van der Waals surface area (Å²) in [5.41, 5.74) is 0. The maximum Gasteiger partial charge on any atom is 0.191 e. The van der Waals surface area contributed by atoms with Crippen molar-refractivity contribution >= 4 is 29.9 Å². The second-order valence-corrected chi connectivity index (χ2v) is 4.75. The summed E-state index contributed by atoms with van der Waals surface area (Å²) in [5, 5.41) is 6.57. The highest BCUT2D eigenvalue weighted by Gasteiger charge is 2.17. The van der Waals surface area contributed by atoms with E-state index in [1.54, 1.807) is 13.3 Å². The number of aliphatic imine (C=N–C) groups is 1. The van der Waals surface area contributed by atoms with Gasteiger partial charge in [0.05, 0.1) is 12.3 Å². The van der Waals surface area contributed by atoms with Gasteiger partial charge in [0.25, 0.3) is 0 Å². The Hall–Kier alpha value is -0.760. The van der Waals surface area contributed by atoms with Gasteiger partial charge in [-0.1, -0.05) is 0 Å². The van der Waals surface area contributed by atoms with E-state index in [0.717, 1.165) is 18.3 Å². The average Bonchev–Trinajstić information content (AvgIpc) is 2.80. The maximum absolute atomic E-state index is 5.46. The van der Waals surface area contributed by atoms with Gasteiger partial charge in [0.2, 0.25) is 0 Å². The van der Waals surface area contributed by atoms with Crippen molar-refractivity contribution in [2.75, 3.05) is 27.7 Å². The third-order valence-corrected chi connectivity index (χ3v) is 2.61. The van der Waals surface area contributed by atoms with E-state index in [1.807, 2.05) is 26.2 Å². The Morgan fingerprint density at radius 3 is 2.53 bits per heavy atom. The fourth-order valence-electron chi connectivity index (χ4n) is 1.68. The molecule has 110 valence electrons. The summed E-state index contributed by atoms with van der Waals surface area (Å²) in [6, 6.07) is 4.45. The van der Waals surface area contributed by atoms with Gasteiger partial charge in [0.15, 0.2) is 5.96 Å². The Bertz CT molecular complexity index is 363. The number of halogens is 1. The smallest absolute Gasteiger partial charge is 0.191 e. The topological polar surface area (TPSA) is 52.8 Å². The number of likely N-dealkylation sites (N-methyl/N-ethyl adjacent to an activating group) is 1. The molecule has 0 fully saturated rings. The molecule has 1 atom stereocenters. The summed E-state index contributed by atoms with van der Waals surface area (Å²) < 4.78 is 5.46. The molecule has 1 heterocycles. The molecule has 0 saturated heterocycles. The van der Waals surface area contributed by atoms with Crippen molar-refractivity contribution in [2.45, 2.75) is 25.9 Å². The molecule has 2 N–H and O–H groups in total. The zero-order valence-electron chi connectivity index (χ0n) is 12.3. The van der Waals surface area contributed by atoms with Crippen LogP contribution in [0.3, 0.4) is 0 Å². The van der Waals surface area contributed by atoms with Crippen molar-refractivity contribution < 1.29 is 4.42 Å². The lowest BCUT2D eigenvalue weighted by Gasteiger charge is -2.24. The predicted octanol–water partition coefficient (Wildman–Crippen LogP) is 2.07. The molecule has 0 radical (unpaired) electrons. The molecule has 1 aromatic rings. The van der Waals surface area contributed by atoms with Crippen LogP contribution in [0, 0.1) is 0 Å². The van der Waals surface area contributed by atoms with Gasteiger partial charge in [-0.05, 0) is 40.1 Å². The van der Waals surface area contributed by atoms with Gasteiger partial charge >= 0.3 is 0 Å². The van der Waals surface area contributed by atoms with Gasteiger partial charge in [-0.15, -0.1) is 24.0 Å². The average molecular weight is 380 g/mol. The number of guanidine groups is 1. The number of rotatable bonds is 5. The summed E-state index contributed by atoms with van der Waals surface area (Å²) in [5.74, 6) is 1.76. The van der Waals surface area contributed by atoms with E-state index < -0.39 is 0 Å². The zero-order valence-corrected chi connectivity index (χ0v) is 14.6. The number of hydrogen-bond donors (Lipinski definition) is 2. The first-order valence-electron chi connectivity index (χ1n) is 6.21. The van der Waals surface area contributed by atoms with Crippen LogP contribution in [0.1, 0.15) is 25.6 Å². The van der Waals surface area contributed by atoms with Crippen molar-refractivity contribution in [2.24, 2.45) is 4.99 Å². The molecule has 19 heavy (non-hydrogen) atoms. The first-order chi connectivity index (χ1) is 8.54. The molecule has 5 nitrogen and oxygen atoms in total. The van der Waals surface area contributed by atoms with E-state index in [-0.39, 0.29) is 30.0 Å². The van der Waals surface area contributed by atoms with Crippen molar-refractivity contribution in [3.8, 4) is 0 Å². The van der Waals surface area contributed by atoms with Gasteiger partial charge < -0.3 is 15.1 Å². The Kier molecular flexibility index (Phi) is 8.82. The Balaban J connectivity index is 0.00000324. The van der Waals surface area contributed by atoms with Crippen LogP contribution in [0.2, 0.25) is 0 Å². The maximum atomic E-state index is 5.46. The van der Waals surface area contributed by atoms with Gasteiger partial charge in [-0.3, -0.25) is 9.89 Å². The number of nitrogens with zero attached hydrogens (tertiary/aromatic N) is 2. The number of nitrogens with one attached hydrogen (secondary N) is 2. The monoisotopic (exact) mass is 380 g/mol. The summed E-state index contributed by atoms with van der Waals surface area (Å²) in [4.78, 5) is 6.31. The molecule has 1 rings (SSSR count). The lowest BCUT2D eigenvalue weighted by molar-refractivity contribution is 0.258. The van der Waals surface area contributed by atoms with Crippen LogP contribution in [0.4, 0.5) is 0 Å². The van der Waals surface area contributed by atoms with Crippen LogP contribution < -0.4 is 10.6 Å². The standard InChI is InChI=1S/C13H24N4O.HI/c1-10(2)16-13(14-3)15-9-11(17(4)5)12-7-6-8-18-12;/h6-8,10-11H,9H2,1-5H3,(H2,14,15,16);1H. The highest BCUT2D eigenvalue weighted by Crippen LogP contribution is 2.17. The van der Waals surface area contributed by atoms with E-state index in [9.17, 15) is 0 Å². The SMILES string of the molecule is CN=C(NCC(c1ccco1)N(C)C)NC(C)C.I. The van der Waals surface area contributed by atoms with E-state index in [0.29, 0.717) is 6.04 Å². The molecule has 0 aliphatic heterocycles. The molecular formula is C13H25IN4O. The predicted molar refractivity (Wildman–Crippen MR) is 90.2 cm³/mol. The Labute approximate surface area is 132 Å². The van der Waals surface area contributed by atoms with E-state index in [1.165, 1.54) is 0 Å². The molecule has 0 spiro atoms. The van der Waals surface area contributed by atoms with Gasteiger partial charge in [-0.2, -0.15) is 0 Å². The molecule has 1 aromatic heterocycles. The van der Waals surface area contributed by atoms with Gasteiger partial charge in [-0.25, -0.2) is 0 Å². The number of furan rings is 1. The summed E-state index contributed by atoms with van der Waals surface area (Å²) in [7, 11) is 5.84. The van der Waals surface area contributed by atoms with Crippen molar-refractivity contribution in [3.05, 3.63) is 24.2 Å². The fourth-order valence-corrected chi connectivity index (χ4v) is 1.68. The molecule has 0 aliphatic rings. The highest BCUT2D eigenvalue weighted by molar-refractivity contribution is 14.0. The van der Waals surface area contributed by atoms with Crippen molar-refractivity contribution in [3.63, 3.8) is 0 Å². The quantitative estimate of drug-likeness (QED) is 0.467. The first kappa shape index (κ1) is 18.2. The third-order valence-electron chi connectivity index (χ3n) is 2.61. The normalized spacial score (nSPS) is 13.3. The lowest BCUT2D eigenvalue weighted by Crippen LogP contribution is -2.44. The minimum Gasteiger partial charge on any atom is -0.468 e. The van der Waals surface area contributed by atoms with E-state index in [2.05, 4.69) is 34.4 Å². The van der Waals surface area contributed by atoms with Crippen LogP contribution in [-0.2, 0) is 0 Å². The molecule has 6 heteroatoms. The summed E-state index contributed by atoms with van der Waals surface area (Å²) in [6.45, 7) is 4.92. The number of hydrogen-bond acceptors (Lipinski definition) is 3. The molecular weight excluding hydrogens is 355 g/mol. The Morgan fingerprint density at radius 2 is 2.11 bits per heavy atom. The first-order valence-corrected chi connectivity index (χ1v) is 6.21. The van der Waals surface area contributed by atoms with Crippen molar-refractivity contribution in [1.82, 2.24) is 15.5 Å². The minimum atomic E-state index is 0. The second kappa shape index (κ2) is 9.19. The van der Waals surface area contributed by atoms with Crippen molar-refractivity contribution in [1.29, 1.82) is 0 Å². The second-order valence-electron chi connectivity index (χ2n) is 4.75. The summed E-state index contributed by atoms with van der Waals surface area (Å²) >= 11 is 0. The molecule has 0 saturated carbocycles. The summed E-state index contributed by atoms with van der Waals surface area (Å²) in [6.07, 6.45) is 1.70. The van der Waals surface area contributed by atoms with Crippen LogP contribution in [0.15, 0.2) is 27.8 Å².